The van der Waals surface area contributed by atoms with E-state index in [4.69, 9.17) is 0 Å². The Hall–Kier alpha value is -2.54. The number of halogens is 1. The van der Waals surface area contributed by atoms with Gasteiger partial charge in [0.25, 0.3) is 0 Å². The van der Waals surface area contributed by atoms with Crippen molar-refractivity contribution in [2.75, 3.05) is 0 Å². The number of carbonyl (C=O) groups excluding carboxylic acids is 1. The fraction of sp³-hybridized carbons (Fsp3) is 0.176. The zero-order valence-electron chi connectivity index (χ0n) is 13.2. The summed E-state index contributed by atoms with van der Waals surface area (Å²) in [5, 5.41) is 11.8. The summed E-state index contributed by atoms with van der Waals surface area (Å²) >= 11 is 1.27. The summed E-state index contributed by atoms with van der Waals surface area (Å²) in [7, 11) is 0. The van der Waals surface area contributed by atoms with Crippen molar-refractivity contribution in [3.63, 3.8) is 0 Å². The highest BCUT2D eigenvalue weighted by Crippen LogP contribution is 2.25. The Morgan fingerprint density at radius 3 is 2.46 bits per heavy atom. The van der Waals surface area contributed by atoms with E-state index >= 15 is 0 Å². The maximum atomic E-state index is 13.0. The highest BCUT2D eigenvalue weighted by molar-refractivity contribution is 8.00. The molecule has 0 spiro atoms. The number of thioether (sulfide) groups is 1. The van der Waals surface area contributed by atoms with Gasteiger partial charge in [-0.05, 0) is 60.7 Å². The summed E-state index contributed by atoms with van der Waals surface area (Å²) < 4.78 is 14.6. The van der Waals surface area contributed by atoms with Crippen LogP contribution in [0.5, 0.6) is 0 Å². The van der Waals surface area contributed by atoms with Crippen LogP contribution in [0.2, 0.25) is 0 Å². The van der Waals surface area contributed by atoms with Gasteiger partial charge in [-0.15, -0.1) is 5.10 Å². The molecule has 0 radical (unpaired) electrons. The van der Waals surface area contributed by atoms with Gasteiger partial charge in [0.05, 0.1) is 10.9 Å². The first-order chi connectivity index (χ1) is 11.5. The number of carbonyl (C=O) groups is 1. The lowest BCUT2D eigenvalue weighted by Gasteiger charge is -2.10. The van der Waals surface area contributed by atoms with E-state index in [1.54, 1.807) is 11.6 Å². The summed E-state index contributed by atoms with van der Waals surface area (Å²) in [6.45, 7) is 3.78. The molecule has 1 aromatic heterocycles. The van der Waals surface area contributed by atoms with Gasteiger partial charge in [0, 0.05) is 5.56 Å². The first kappa shape index (κ1) is 16.3. The number of rotatable bonds is 5. The second-order valence-corrected chi connectivity index (χ2v) is 6.65. The minimum Gasteiger partial charge on any atom is -0.293 e. The molecule has 1 atom stereocenters. The van der Waals surface area contributed by atoms with Crippen LogP contribution in [0.25, 0.3) is 5.69 Å². The molecule has 0 aliphatic heterocycles. The van der Waals surface area contributed by atoms with Gasteiger partial charge in [-0.3, -0.25) is 4.79 Å². The van der Waals surface area contributed by atoms with Crippen molar-refractivity contribution in [1.82, 2.24) is 20.2 Å². The van der Waals surface area contributed by atoms with Gasteiger partial charge in [-0.1, -0.05) is 29.5 Å². The zero-order valence-corrected chi connectivity index (χ0v) is 14.0. The SMILES string of the molecule is Cc1ccc(-n2nnnc2S[C@H](C)C(=O)c2ccc(F)cc2)cc1. The Morgan fingerprint density at radius 1 is 1.12 bits per heavy atom. The Balaban J connectivity index is 1.79. The van der Waals surface area contributed by atoms with Crippen LogP contribution in [0, 0.1) is 12.7 Å². The molecule has 0 saturated heterocycles. The number of hydrogen-bond acceptors (Lipinski definition) is 5. The number of aromatic nitrogens is 4. The van der Waals surface area contributed by atoms with E-state index in [2.05, 4.69) is 15.5 Å². The molecule has 0 unspecified atom stereocenters. The summed E-state index contributed by atoms with van der Waals surface area (Å²) in [5.41, 5.74) is 2.43. The van der Waals surface area contributed by atoms with Crippen LogP contribution in [0.4, 0.5) is 4.39 Å². The number of aryl methyl sites for hydroxylation is 1. The van der Waals surface area contributed by atoms with Crippen LogP contribution in [-0.2, 0) is 0 Å². The van der Waals surface area contributed by atoms with E-state index in [1.807, 2.05) is 31.2 Å². The van der Waals surface area contributed by atoms with Gasteiger partial charge in [-0.2, -0.15) is 4.68 Å². The molecular weight excluding hydrogens is 327 g/mol. The third kappa shape index (κ3) is 3.51. The molecule has 24 heavy (non-hydrogen) atoms. The molecular formula is C17H15FN4OS. The van der Waals surface area contributed by atoms with Crippen LogP contribution in [0.1, 0.15) is 22.8 Å². The molecule has 122 valence electrons. The molecule has 0 aliphatic rings. The maximum absolute atomic E-state index is 13.0. The largest absolute Gasteiger partial charge is 0.293 e. The second-order valence-electron chi connectivity index (χ2n) is 5.34. The van der Waals surface area contributed by atoms with Crippen LogP contribution < -0.4 is 0 Å². The van der Waals surface area contributed by atoms with Gasteiger partial charge in [0.1, 0.15) is 5.82 Å². The number of nitrogens with zero attached hydrogens (tertiary/aromatic N) is 4. The average molecular weight is 342 g/mol. The van der Waals surface area contributed by atoms with Crippen molar-refractivity contribution in [2.24, 2.45) is 0 Å². The molecule has 5 nitrogen and oxygen atoms in total. The van der Waals surface area contributed by atoms with Gasteiger partial charge < -0.3 is 0 Å². The lowest BCUT2D eigenvalue weighted by atomic mass is 10.1. The predicted molar refractivity (Wildman–Crippen MR) is 89.9 cm³/mol. The summed E-state index contributed by atoms with van der Waals surface area (Å²) in [5.74, 6) is -0.464. The number of ketones is 1. The van der Waals surface area contributed by atoms with E-state index < -0.39 is 5.25 Å². The van der Waals surface area contributed by atoms with Crippen LogP contribution in [0.3, 0.4) is 0 Å². The van der Waals surface area contributed by atoms with Crippen LogP contribution >= 0.6 is 11.8 Å². The van der Waals surface area contributed by atoms with E-state index in [-0.39, 0.29) is 11.6 Å². The fourth-order valence-corrected chi connectivity index (χ4v) is 3.05. The third-order valence-electron chi connectivity index (χ3n) is 3.50. The number of benzene rings is 2. The Bertz CT molecular complexity index is 846. The summed E-state index contributed by atoms with van der Waals surface area (Å²) in [6.07, 6.45) is 0. The summed E-state index contributed by atoms with van der Waals surface area (Å²) in [6, 6.07) is 13.3. The number of tetrazole rings is 1. The topological polar surface area (TPSA) is 60.7 Å². The molecule has 3 rings (SSSR count). The molecule has 3 aromatic rings. The van der Waals surface area contributed by atoms with Gasteiger partial charge >= 0.3 is 0 Å². The second kappa shape index (κ2) is 6.92. The lowest BCUT2D eigenvalue weighted by Crippen LogP contribution is -2.14. The molecule has 0 N–H and O–H groups in total. The predicted octanol–water partition coefficient (Wildman–Crippen LogP) is 3.47. The minimum absolute atomic E-state index is 0.0987. The highest BCUT2D eigenvalue weighted by Gasteiger charge is 2.20. The van der Waals surface area contributed by atoms with Crippen molar-refractivity contribution < 1.29 is 9.18 Å². The number of Topliss-reactive ketones (excluding diaryl/α,β-unsaturated/α-hetero) is 1. The molecule has 0 amide bonds. The van der Waals surface area contributed by atoms with Gasteiger partial charge in [0.15, 0.2) is 5.78 Å². The monoisotopic (exact) mass is 342 g/mol. The normalized spacial score (nSPS) is 12.1. The first-order valence-corrected chi connectivity index (χ1v) is 8.24. The molecule has 0 aliphatic carbocycles. The first-order valence-electron chi connectivity index (χ1n) is 7.36. The highest BCUT2D eigenvalue weighted by atomic mass is 32.2. The third-order valence-corrected chi connectivity index (χ3v) is 4.53. The Labute approximate surface area is 142 Å². The van der Waals surface area contributed by atoms with E-state index in [0.717, 1.165) is 11.3 Å². The van der Waals surface area contributed by atoms with Crippen molar-refractivity contribution in [1.29, 1.82) is 0 Å². The van der Waals surface area contributed by atoms with Gasteiger partial charge in [-0.25, -0.2) is 4.39 Å². The van der Waals surface area contributed by atoms with Crippen molar-refractivity contribution in [2.45, 2.75) is 24.3 Å². The van der Waals surface area contributed by atoms with Crippen molar-refractivity contribution >= 4 is 17.5 Å². The molecule has 0 fully saturated rings. The molecule has 0 saturated carbocycles. The van der Waals surface area contributed by atoms with Crippen LogP contribution in [-0.4, -0.2) is 31.2 Å². The molecule has 0 bridgehead atoms. The molecule has 7 heteroatoms. The quantitative estimate of drug-likeness (QED) is 0.525. The summed E-state index contributed by atoms with van der Waals surface area (Å²) in [4.78, 5) is 12.5. The van der Waals surface area contributed by atoms with Gasteiger partial charge in [0.2, 0.25) is 5.16 Å². The zero-order chi connectivity index (χ0) is 17.1. The fourth-order valence-electron chi connectivity index (χ4n) is 2.16. The van der Waals surface area contributed by atoms with E-state index in [9.17, 15) is 9.18 Å². The Kier molecular flexibility index (Phi) is 4.71. The standard InChI is InChI=1S/C17H15FN4OS/c1-11-3-9-15(10-4-11)22-17(19-20-21-22)24-12(2)16(23)13-5-7-14(18)8-6-13/h3-10,12H,1-2H3/t12-/m1/s1. The maximum Gasteiger partial charge on any atom is 0.214 e. The van der Waals surface area contributed by atoms with E-state index in [0.29, 0.717) is 10.7 Å². The molecule has 1 heterocycles. The van der Waals surface area contributed by atoms with Crippen molar-refractivity contribution in [3.8, 4) is 5.69 Å². The lowest BCUT2D eigenvalue weighted by molar-refractivity contribution is 0.0994. The number of hydrogen-bond donors (Lipinski definition) is 0. The minimum atomic E-state index is -0.398. The average Bonchev–Trinajstić information content (AvgIpc) is 3.03. The van der Waals surface area contributed by atoms with Crippen molar-refractivity contribution in [3.05, 3.63) is 65.5 Å². The Morgan fingerprint density at radius 2 is 1.79 bits per heavy atom. The van der Waals surface area contributed by atoms with E-state index in [1.165, 1.54) is 36.0 Å². The smallest absolute Gasteiger partial charge is 0.214 e. The van der Waals surface area contributed by atoms with Crippen LogP contribution in [0.15, 0.2) is 53.7 Å². The molecule has 2 aromatic carbocycles.